The van der Waals surface area contributed by atoms with E-state index in [0.717, 1.165) is 30.0 Å². The van der Waals surface area contributed by atoms with Gasteiger partial charge in [-0.05, 0) is 30.7 Å². The van der Waals surface area contributed by atoms with Crippen LogP contribution in [0.2, 0.25) is 0 Å². The molecule has 3 aromatic rings. The Labute approximate surface area is 145 Å². The molecule has 0 N–H and O–H groups in total. The van der Waals surface area contributed by atoms with Crippen LogP contribution in [-0.4, -0.2) is 52.1 Å². The predicted molar refractivity (Wildman–Crippen MR) is 92.0 cm³/mol. The second-order valence-electron chi connectivity index (χ2n) is 6.15. The van der Waals surface area contributed by atoms with E-state index in [4.69, 9.17) is 14.1 Å². The second kappa shape index (κ2) is 6.68. The fourth-order valence-electron chi connectivity index (χ4n) is 3.38. The zero-order chi connectivity index (χ0) is 17.2. The molecule has 1 atom stereocenters. The highest BCUT2D eigenvalue weighted by Crippen LogP contribution is 2.32. The van der Waals surface area contributed by atoms with E-state index in [1.165, 1.54) is 0 Å². The Morgan fingerprint density at radius 1 is 1.40 bits per heavy atom. The summed E-state index contributed by atoms with van der Waals surface area (Å²) in [6, 6.07) is 7.70. The third-order valence-corrected chi connectivity index (χ3v) is 4.59. The Morgan fingerprint density at radius 2 is 2.32 bits per heavy atom. The smallest absolute Gasteiger partial charge is 0.224 e. The van der Waals surface area contributed by atoms with Crippen LogP contribution < -0.4 is 0 Å². The van der Waals surface area contributed by atoms with Crippen molar-refractivity contribution in [2.24, 2.45) is 0 Å². The molecule has 25 heavy (non-hydrogen) atoms. The number of rotatable bonds is 5. The van der Waals surface area contributed by atoms with Crippen molar-refractivity contribution < 1.29 is 13.9 Å². The first-order valence-corrected chi connectivity index (χ1v) is 8.41. The van der Waals surface area contributed by atoms with Crippen molar-refractivity contribution in [3.63, 3.8) is 0 Å². The number of likely N-dealkylation sites (tertiary alicyclic amines) is 1. The van der Waals surface area contributed by atoms with Gasteiger partial charge in [-0.25, -0.2) is 9.97 Å². The number of aromatic nitrogens is 3. The highest BCUT2D eigenvalue weighted by Gasteiger charge is 2.31. The molecule has 0 aromatic carbocycles. The molecule has 1 fully saturated rings. The first kappa shape index (κ1) is 15.8. The van der Waals surface area contributed by atoms with Crippen molar-refractivity contribution in [2.75, 3.05) is 26.8 Å². The minimum absolute atomic E-state index is 0.126. The van der Waals surface area contributed by atoms with Gasteiger partial charge in [-0.3, -0.25) is 4.79 Å². The van der Waals surface area contributed by atoms with Crippen LogP contribution in [0.4, 0.5) is 0 Å². The van der Waals surface area contributed by atoms with Gasteiger partial charge in [0.2, 0.25) is 5.91 Å². The molecule has 7 heteroatoms. The van der Waals surface area contributed by atoms with Crippen LogP contribution in [0.25, 0.3) is 22.7 Å². The van der Waals surface area contributed by atoms with Crippen LogP contribution in [0.1, 0.15) is 18.9 Å². The van der Waals surface area contributed by atoms with Crippen LogP contribution in [0.3, 0.4) is 0 Å². The van der Waals surface area contributed by atoms with Crippen LogP contribution in [0.5, 0.6) is 0 Å². The fraction of sp³-hybridized carbons (Fsp3) is 0.389. The van der Waals surface area contributed by atoms with Crippen LogP contribution >= 0.6 is 0 Å². The van der Waals surface area contributed by atoms with Gasteiger partial charge < -0.3 is 18.6 Å². The quantitative estimate of drug-likeness (QED) is 0.713. The Bertz CT molecular complexity index is 872. The first-order chi connectivity index (χ1) is 12.3. The third-order valence-electron chi connectivity index (χ3n) is 4.59. The number of methoxy groups -OCH3 is 1. The molecule has 4 rings (SSSR count). The molecule has 0 saturated carbocycles. The normalized spacial score (nSPS) is 17.5. The molecule has 1 saturated heterocycles. The van der Waals surface area contributed by atoms with E-state index >= 15 is 0 Å². The monoisotopic (exact) mass is 340 g/mol. The lowest BCUT2D eigenvalue weighted by atomic mass is 10.2. The number of amides is 1. The zero-order valence-electron chi connectivity index (χ0n) is 14.1. The molecule has 130 valence electrons. The van der Waals surface area contributed by atoms with Crippen molar-refractivity contribution in [3.8, 4) is 11.6 Å². The molecule has 0 bridgehead atoms. The Hall–Kier alpha value is -2.67. The summed E-state index contributed by atoms with van der Waals surface area (Å²) in [5, 5.41) is 0. The van der Waals surface area contributed by atoms with Gasteiger partial charge in [0.15, 0.2) is 17.2 Å². The minimum atomic E-state index is 0.126. The molecule has 0 radical (unpaired) electrons. The van der Waals surface area contributed by atoms with Crippen molar-refractivity contribution >= 4 is 17.1 Å². The number of furan rings is 1. The predicted octanol–water partition coefficient (Wildman–Crippen LogP) is 2.50. The number of hydrogen-bond donors (Lipinski definition) is 0. The molecule has 1 unspecified atom stereocenters. The summed E-state index contributed by atoms with van der Waals surface area (Å²) in [5.74, 6) is 1.60. The molecule has 1 amide bonds. The number of hydrogen-bond acceptors (Lipinski definition) is 5. The first-order valence-electron chi connectivity index (χ1n) is 8.41. The maximum atomic E-state index is 12.3. The van der Waals surface area contributed by atoms with Crippen molar-refractivity contribution in [2.45, 2.75) is 18.9 Å². The maximum absolute atomic E-state index is 12.3. The summed E-state index contributed by atoms with van der Waals surface area (Å²) < 4.78 is 12.7. The van der Waals surface area contributed by atoms with E-state index in [-0.39, 0.29) is 11.9 Å². The van der Waals surface area contributed by atoms with Gasteiger partial charge in [0.25, 0.3) is 0 Å². The topological polar surface area (TPSA) is 73.4 Å². The second-order valence-corrected chi connectivity index (χ2v) is 6.15. The van der Waals surface area contributed by atoms with Crippen molar-refractivity contribution in [1.82, 2.24) is 19.4 Å². The number of pyridine rings is 1. The molecule has 3 aromatic heterocycles. The lowest BCUT2D eigenvalue weighted by Crippen LogP contribution is -2.29. The molecule has 4 heterocycles. The Balaban J connectivity index is 1.67. The number of ether oxygens (including phenoxy) is 1. The SMILES string of the molecule is COCCC(=O)N1CCC(n2c(-c3ccco3)nc3cccnc32)C1. The summed E-state index contributed by atoms with van der Waals surface area (Å²) in [6.07, 6.45) is 4.69. The third kappa shape index (κ3) is 2.91. The van der Waals surface area contributed by atoms with Crippen LogP contribution in [0.15, 0.2) is 41.1 Å². The molecular weight excluding hydrogens is 320 g/mol. The van der Waals surface area contributed by atoms with E-state index in [0.29, 0.717) is 25.3 Å². The number of fused-ring (bicyclic) bond motifs is 1. The lowest BCUT2D eigenvalue weighted by Gasteiger charge is -2.18. The number of imidazole rings is 1. The zero-order valence-corrected chi connectivity index (χ0v) is 14.1. The van der Waals surface area contributed by atoms with Gasteiger partial charge >= 0.3 is 0 Å². The van der Waals surface area contributed by atoms with E-state index in [1.54, 1.807) is 19.6 Å². The minimum Gasteiger partial charge on any atom is -0.461 e. The van der Waals surface area contributed by atoms with E-state index < -0.39 is 0 Å². The molecule has 7 nitrogen and oxygen atoms in total. The van der Waals surface area contributed by atoms with Crippen molar-refractivity contribution in [1.29, 1.82) is 0 Å². The fourth-order valence-corrected chi connectivity index (χ4v) is 3.38. The van der Waals surface area contributed by atoms with Gasteiger partial charge in [-0.1, -0.05) is 0 Å². The molecule has 1 aliphatic heterocycles. The maximum Gasteiger partial charge on any atom is 0.224 e. The summed E-state index contributed by atoms with van der Waals surface area (Å²) in [6.45, 7) is 1.84. The average Bonchev–Trinajstić information content (AvgIpc) is 3.37. The number of carbonyl (C=O) groups excluding carboxylic acids is 1. The van der Waals surface area contributed by atoms with E-state index in [9.17, 15) is 4.79 Å². The van der Waals surface area contributed by atoms with Gasteiger partial charge in [0.1, 0.15) is 5.52 Å². The van der Waals surface area contributed by atoms with Gasteiger partial charge in [-0.2, -0.15) is 0 Å². The largest absolute Gasteiger partial charge is 0.461 e. The highest BCUT2D eigenvalue weighted by atomic mass is 16.5. The summed E-state index contributed by atoms with van der Waals surface area (Å²) in [7, 11) is 1.61. The lowest BCUT2D eigenvalue weighted by molar-refractivity contribution is -0.131. The van der Waals surface area contributed by atoms with Gasteiger partial charge in [0, 0.05) is 26.4 Å². The van der Waals surface area contributed by atoms with Gasteiger partial charge in [0.05, 0.1) is 25.3 Å². The Morgan fingerprint density at radius 3 is 3.12 bits per heavy atom. The molecule has 0 aliphatic carbocycles. The molecular formula is C18H20N4O3. The Kier molecular flexibility index (Phi) is 4.23. The van der Waals surface area contributed by atoms with Crippen LogP contribution in [-0.2, 0) is 9.53 Å². The molecule has 0 spiro atoms. The summed E-state index contributed by atoms with van der Waals surface area (Å²) in [4.78, 5) is 23.4. The van der Waals surface area contributed by atoms with Crippen LogP contribution in [0, 0.1) is 0 Å². The average molecular weight is 340 g/mol. The van der Waals surface area contributed by atoms with E-state index in [2.05, 4.69) is 9.55 Å². The highest BCUT2D eigenvalue weighted by molar-refractivity contribution is 5.78. The summed E-state index contributed by atoms with van der Waals surface area (Å²) >= 11 is 0. The standard InChI is InChI=1S/C18H20N4O3/c1-24-11-7-16(23)21-9-6-13(12-21)22-17-14(4-2-8-19-17)20-18(22)15-5-3-10-25-15/h2-5,8,10,13H,6-7,9,11-12H2,1H3. The van der Waals surface area contributed by atoms with Crippen molar-refractivity contribution in [3.05, 3.63) is 36.7 Å². The number of nitrogens with zero attached hydrogens (tertiary/aromatic N) is 4. The molecule has 1 aliphatic rings. The van der Waals surface area contributed by atoms with Gasteiger partial charge in [-0.15, -0.1) is 0 Å². The summed E-state index contributed by atoms with van der Waals surface area (Å²) in [5.41, 5.74) is 1.66. The van der Waals surface area contributed by atoms with E-state index in [1.807, 2.05) is 29.2 Å². The number of carbonyl (C=O) groups is 1.